The highest BCUT2D eigenvalue weighted by molar-refractivity contribution is 5.76. The lowest BCUT2D eigenvalue weighted by Gasteiger charge is -2.06. The van der Waals surface area contributed by atoms with Crippen molar-refractivity contribution in [1.82, 2.24) is 20.4 Å². The van der Waals surface area contributed by atoms with Crippen LogP contribution in [0.25, 0.3) is 16.9 Å². The van der Waals surface area contributed by atoms with Crippen LogP contribution in [0.2, 0.25) is 0 Å². The molecule has 156 valence electrons. The number of hydrogen-bond donors (Lipinski definition) is 3. The van der Waals surface area contributed by atoms with E-state index in [0.29, 0.717) is 38.0 Å². The van der Waals surface area contributed by atoms with Gasteiger partial charge in [0.1, 0.15) is 5.82 Å². The zero-order valence-electron chi connectivity index (χ0n) is 16.5. The number of rotatable bonds is 9. The molecule has 3 aromatic rings. The molecule has 0 aliphatic carbocycles. The molecule has 3 rings (SSSR count). The minimum atomic E-state index is -0.566. The van der Waals surface area contributed by atoms with Gasteiger partial charge in [-0.1, -0.05) is 18.2 Å². The first-order valence-corrected chi connectivity index (χ1v) is 9.73. The van der Waals surface area contributed by atoms with Crippen LogP contribution in [0.15, 0.2) is 60.8 Å². The third kappa shape index (κ3) is 5.91. The average molecular weight is 409 g/mol. The van der Waals surface area contributed by atoms with Gasteiger partial charge in [-0.3, -0.25) is 4.79 Å². The number of primary amides is 1. The van der Waals surface area contributed by atoms with Crippen LogP contribution in [0, 0.1) is 5.82 Å². The van der Waals surface area contributed by atoms with Gasteiger partial charge < -0.3 is 16.4 Å². The van der Waals surface area contributed by atoms with Gasteiger partial charge in [-0.25, -0.2) is 13.9 Å². The fourth-order valence-corrected chi connectivity index (χ4v) is 3.01. The molecule has 2 aromatic carbocycles. The van der Waals surface area contributed by atoms with Gasteiger partial charge in [0.05, 0.1) is 11.4 Å². The molecule has 0 fully saturated rings. The van der Waals surface area contributed by atoms with Gasteiger partial charge in [0.25, 0.3) is 0 Å². The Bertz CT molecular complexity index is 987. The highest BCUT2D eigenvalue weighted by Gasteiger charge is 2.13. The number of para-hydroxylation sites is 1. The zero-order chi connectivity index (χ0) is 21.3. The van der Waals surface area contributed by atoms with Crippen molar-refractivity contribution in [3.8, 4) is 16.9 Å². The number of urea groups is 1. The van der Waals surface area contributed by atoms with E-state index in [1.807, 2.05) is 36.5 Å². The Labute approximate surface area is 174 Å². The van der Waals surface area contributed by atoms with E-state index < -0.39 is 6.03 Å². The maximum Gasteiger partial charge on any atom is 0.312 e. The number of hydrogen-bond acceptors (Lipinski definition) is 3. The van der Waals surface area contributed by atoms with E-state index in [4.69, 9.17) is 5.73 Å². The molecule has 0 spiro atoms. The molecule has 30 heavy (non-hydrogen) atoms. The number of nitrogens with zero attached hydrogens (tertiary/aromatic N) is 2. The summed E-state index contributed by atoms with van der Waals surface area (Å²) in [6.07, 6.45) is 3.52. The summed E-state index contributed by atoms with van der Waals surface area (Å²) in [5.41, 5.74) is 8.18. The largest absolute Gasteiger partial charge is 0.352 e. The van der Waals surface area contributed by atoms with Crippen molar-refractivity contribution in [3.63, 3.8) is 0 Å². The van der Waals surface area contributed by atoms with Crippen LogP contribution in [-0.2, 0) is 11.3 Å². The smallest absolute Gasteiger partial charge is 0.312 e. The zero-order valence-corrected chi connectivity index (χ0v) is 16.5. The van der Waals surface area contributed by atoms with E-state index in [1.165, 1.54) is 12.1 Å². The second-order valence-corrected chi connectivity index (χ2v) is 6.81. The number of carbonyl (C=O) groups excluding carboxylic acids is 2. The lowest BCUT2D eigenvalue weighted by molar-refractivity contribution is -0.121. The van der Waals surface area contributed by atoms with Crippen molar-refractivity contribution in [2.45, 2.75) is 25.8 Å². The summed E-state index contributed by atoms with van der Waals surface area (Å²) in [6, 6.07) is 15.2. The number of nitrogens with two attached hydrogens (primary N) is 1. The summed E-state index contributed by atoms with van der Waals surface area (Å²) < 4.78 is 15.1. The average Bonchev–Trinajstić information content (AvgIpc) is 3.17. The van der Waals surface area contributed by atoms with Crippen LogP contribution in [-0.4, -0.2) is 28.3 Å². The molecule has 1 heterocycles. The lowest BCUT2D eigenvalue weighted by atomic mass is 10.1. The second kappa shape index (κ2) is 10.2. The summed E-state index contributed by atoms with van der Waals surface area (Å²) in [6.45, 7) is 0.749. The van der Waals surface area contributed by atoms with Crippen LogP contribution >= 0.6 is 0 Å². The molecule has 0 saturated heterocycles. The third-order valence-electron chi connectivity index (χ3n) is 4.53. The van der Waals surface area contributed by atoms with E-state index in [0.717, 1.165) is 16.8 Å². The monoisotopic (exact) mass is 409 g/mol. The maximum atomic E-state index is 13.3. The Morgan fingerprint density at radius 1 is 1.00 bits per heavy atom. The van der Waals surface area contributed by atoms with E-state index >= 15 is 0 Å². The fourth-order valence-electron chi connectivity index (χ4n) is 3.01. The molecule has 0 aliphatic rings. The minimum Gasteiger partial charge on any atom is -0.352 e. The first-order valence-electron chi connectivity index (χ1n) is 9.73. The molecular weight excluding hydrogens is 385 g/mol. The maximum absolute atomic E-state index is 13.3. The number of benzene rings is 2. The number of unbranched alkanes of at least 4 members (excludes halogenated alkanes) is 1. The summed E-state index contributed by atoms with van der Waals surface area (Å²) in [7, 11) is 0. The van der Waals surface area contributed by atoms with Crippen LogP contribution in [0.4, 0.5) is 9.18 Å². The molecule has 0 radical (unpaired) electrons. The predicted molar refractivity (Wildman–Crippen MR) is 112 cm³/mol. The predicted octanol–water partition coefficient (Wildman–Crippen LogP) is 3.13. The van der Waals surface area contributed by atoms with Gasteiger partial charge in [-0.05, 0) is 49.2 Å². The summed E-state index contributed by atoms with van der Waals surface area (Å²) in [5.74, 6) is -0.409. The quantitative estimate of drug-likeness (QED) is 0.473. The van der Waals surface area contributed by atoms with Gasteiger partial charge in [0.15, 0.2) is 0 Å². The number of halogens is 1. The molecule has 3 amide bonds. The summed E-state index contributed by atoms with van der Waals surface area (Å²) >= 11 is 0. The molecule has 0 aliphatic heterocycles. The first kappa shape index (κ1) is 21.0. The van der Waals surface area contributed by atoms with Crippen molar-refractivity contribution in [2.75, 3.05) is 6.54 Å². The van der Waals surface area contributed by atoms with Gasteiger partial charge in [0.2, 0.25) is 5.91 Å². The van der Waals surface area contributed by atoms with Crippen LogP contribution in [0.3, 0.4) is 0 Å². The first-order chi connectivity index (χ1) is 14.5. The van der Waals surface area contributed by atoms with Crippen molar-refractivity contribution >= 4 is 11.9 Å². The van der Waals surface area contributed by atoms with Crippen molar-refractivity contribution < 1.29 is 14.0 Å². The van der Waals surface area contributed by atoms with Gasteiger partial charge in [-0.2, -0.15) is 5.10 Å². The van der Waals surface area contributed by atoms with Gasteiger partial charge in [0, 0.05) is 36.8 Å². The SMILES string of the molecule is NC(=O)NCCCCC(=O)NCc1cn(-c2ccccc2)nc1-c1ccc(F)cc1. The van der Waals surface area contributed by atoms with Gasteiger partial charge >= 0.3 is 6.03 Å². The summed E-state index contributed by atoms with van der Waals surface area (Å²) in [5, 5.41) is 10.1. The fraction of sp³-hybridized carbons (Fsp3) is 0.227. The molecule has 0 saturated carbocycles. The highest BCUT2D eigenvalue weighted by Crippen LogP contribution is 2.24. The Morgan fingerprint density at radius 3 is 2.43 bits per heavy atom. The van der Waals surface area contributed by atoms with Crippen LogP contribution in [0.1, 0.15) is 24.8 Å². The topological polar surface area (TPSA) is 102 Å². The number of aromatic nitrogens is 2. The molecule has 0 bridgehead atoms. The molecule has 0 atom stereocenters. The standard InChI is InChI=1S/C22H24FN5O2/c23-18-11-9-16(10-12-18)21-17(15-28(27-21)19-6-2-1-3-7-19)14-26-20(29)8-4-5-13-25-22(24)30/h1-3,6-7,9-12,15H,4-5,8,13-14H2,(H,26,29)(H3,24,25,30). The van der Waals surface area contributed by atoms with Crippen LogP contribution < -0.4 is 16.4 Å². The van der Waals surface area contributed by atoms with Crippen LogP contribution in [0.5, 0.6) is 0 Å². The third-order valence-corrected chi connectivity index (χ3v) is 4.53. The van der Waals surface area contributed by atoms with E-state index in [2.05, 4.69) is 15.7 Å². The Hall–Kier alpha value is -3.68. The Balaban J connectivity index is 1.68. The molecule has 8 heteroatoms. The van der Waals surface area contributed by atoms with Gasteiger partial charge in [-0.15, -0.1) is 0 Å². The lowest BCUT2D eigenvalue weighted by Crippen LogP contribution is -2.30. The molecule has 1 aromatic heterocycles. The number of carbonyl (C=O) groups is 2. The normalized spacial score (nSPS) is 10.6. The molecule has 7 nitrogen and oxygen atoms in total. The van der Waals surface area contributed by atoms with Crippen molar-refractivity contribution in [1.29, 1.82) is 0 Å². The molecular formula is C22H24FN5O2. The Kier molecular flexibility index (Phi) is 7.15. The number of nitrogens with one attached hydrogen (secondary N) is 2. The van der Waals surface area contributed by atoms with E-state index in [1.54, 1.807) is 16.8 Å². The molecule has 4 N–H and O–H groups in total. The molecule has 0 unspecified atom stereocenters. The minimum absolute atomic E-state index is 0.0911. The Morgan fingerprint density at radius 2 is 1.73 bits per heavy atom. The summed E-state index contributed by atoms with van der Waals surface area (Å²) in [4.78, 5) is 22.8. The number of amides is 3. The van der Waals surface area contributed by atoms with E-state index in [9.17, 15) is 14.0 Å². The van der Waals surface area contributed by atoms with Crippen molar-refractivity contribution in [2.24, 2.45) is 5.73 Å². The van der Waals surface area contributed by atoms with E-state index in [-0.39, 0.29) is 11.7 Å². The van der Waals surface area contributed by atoms with Crippen molar-refractivity contribution in [3.05, 3.63) is 72.2 Å². The second-order valence-electron chi connectivity index (χ2n) is 6.81. The highest BCUT2D eigenvalue weighted by atomic mass is 19.1.